The van der Waals surface area contributed by atoms with Gasteiger partial charge < -0.3 is 9.41 Å². The lowest BCUT2D eigenvalue weighted by Gasteiger charge is -2.43. The van der Waals surface area contributed by atoms with Crippen LogP contribution in [0, 0.1) is 0 Å². The van der Waals surface area contributed by atoms with Gasteiger partial charge in [0.15, 0.2) is 0 Å². The van der Waals surface area contributed by atoms with Gasteiger partial charge in [0.05, 0.1) is 0 Å². The molecule has 3 aromatic carbocycles. The molecule has 27 heavy (non-hydrogen) atoms. The number of benzene rings is 3. The molecule has 0 unspecified atom stereocenters. The van der Waals surface area contributed by atoms with E-state index in [4.69, 9.17) is 4.43 Å². The van der Waals surface area contributed by atoms with Crippen molar-refractivity contribution >= 4 is 29.6 Å². The standard InChI is InChI=1S/C24H25NOSi/c1-24(2,3)27(21-10-6-4-7-11-21,22-12-8-5-9-13-22)26-20-14-15-23-19(18-20)16-17-25-23/h4-18,25H,1-3H3. The highest BCUT2D eigenvalue weighted by Gasteiger charge is 2.52. The van der Waals surface area contributed by atoms with Crippen LogP contribution in [0.15, 0.2) is 91.1 Å². The van der Waals surface area contributed by atoms with Crippen LogP contribution in [0.4, 0.5) is 0 Å². The molecule has 0 fully saturated rings. The summed E-state index contributed by atoms with van der Waals surface area (Å²) in [6.45, 7) is 6.90. The molecule has 0 saturated carbocycles. The van der Waals surface area contributed by atoms with Crippen LogP contribution in [-0.4, -0.2) is 13.3 Å². The lowest BCUT2D eigenvalue weighted by atomic mass is 10.2. The molecule has 0 radical (unpaired) electrons. The molecule has 0 aliphatic rings. The van der Waals surface area contributed by atoms with E-state index in [9.17, 15) is 0 Å². The van der Waals surface area contributed by atoms with Gasteiger partial charge in [0.1, 0.15) is 5.75 Å². The Morgan fingerprint density at radius 3 is 1.89 bits per heavy atom. The Bertz CT molecular complexity index is 993. The second kappa shape index (κ2) is 6.75. The fraction of sp³-hybridized carbons (Fsp3) is 0.167. The molecule has 1 aromatic heterocycles. The summed E-state index contributed by atoms with van der Waals surface area (Å²) in [4.78, 5) is 3.26. The zero-order valence-corrected chi connectivity index (χ0v) is 17.1. The normalized spacial score (nSPS) is 12.3. The minimum atomic E-state index is -2.57. The van der Waals surface area contributed by atoms with Gasteiger partial charge in [-0.2, -0.15) is 0 Å². The van der Waals surface area contributed by atoms with Crippen LogP contribution in [0.1, 0.15) is 20.8 Å². The van der Waals surface area contributed by atoms with Gasteiger partial charge >= 0.3 is 8.32 Å². The summed E-state index contributed by atoms with van der Waals surface area (Å²) < 4.78 is 7.04. The van der Waals surface area contributed by atoms with Crippen LogP contribution in [0.2, 0.25) is 5.04 Å². The van der Waals surface area contributed by atoms with Crippen molar-refractivity contribution in [2.24, 2.45) is 0 Å². The van der Waals surface area contributed by atoms with Gasteiger partial charge in [-0.25, -0.2) is 0 Å². The number of nitrogens with one attached hydrogen (secondary N) is 1. The molecular weight excluding hydrogens is 346 g/mol. The topological polar surface area (TPSA) is 25.0 Å². The van der Waals surface area contributed by atoms with Crippen LogP contribution in [-0.2, 0) is 0 Å². The minimum Gasteiger partial charge on any atom is -0.534 e. The fourth-order valence-electron chi connectivity index (χ4n) is 3.92. The van der Waals surface area contributed by atoms with Crippen molar-refractivity contribution in [3.8, 4) is 5.75 Å². The zero-order valence-electron chi connectivity index (χ0n) is 16.1. The molecule has 4 aromatic rings. The Hall–Kier alpha value is -2.78. The highest BCUT2D eigenvalue weighted by molar-refractivity contribution is 7.00. The van der Waals surface area contributed by atoms with E-state index in [0.29, 0.717) is 0 Å². The summed E-state index contributed by atoms with van der Waals surface area (Å²) in [6, 6.07) is 29.9. The molecule has 2 nitrogen and oxygen atoms in total. The highest BCUT2D eigenvalue weighted by Crippen LogP contribution is 2.38. The molecular formula is C24H25NOSi. The Balaban J connectivity index is 1.94. The second-order valence-corrected chi connectivity index (χ2v) is 12.2. The average Bonchev–Trinajstić information content (AvgIpc) is 3.14. The van der Waals surface area contributed by atoms with Crippen molar-refractivity contribution in [1.29, 1.82) is 0 Å². The molecule has 0 aliphatic carbocycles. The number of rotatable bonds is 4. The third-order valence-corrected chi connectivity index (χ3v) is 10.2. The van der Waals surface area contributed by atoms with Crippen molar-refractivity contribution in [1.82, 2.24) is 4.98 Å². The van der Waals surface area contributed by atoms with E-state index in [-0.39, 0.29) is 5.04 Å². The fourth-order valence-corrected chi connectivity index (χ4v) is 8.33. The molecule has 0 aliphatic heterocycles. The summed E-state index contributed by atoms with van der Waals surface area (Å²) >= 11 is 0. The van der Waals surface area contributed by atoms with E-state index in [1.807, 2.05) is 6.20 Å². The van der Waals surface area contributed by atoms with Crippen molar-refractivity contribution in [2.75, 3.05) is 0 Å². The largest absolute Gasteiger partial charge is 0.534 e. The number of H-pyrrole nitrogens is 1. The predicted octanol–water partition coefficient (Wildman–Crippen LogP) is 5.11. The summed E-state index contributed by atoms with van der Waals surface area (Å²) in [7, 11) is -2.57. The van der Waals surface area contributed by atoms with Gasteiger partial charge in [0.2, 0.25) is 0 Å². The van der Waals surface area contributed by atoms with E-state index < -0.39 is 8.32 Å². The number of hydrogen-bond donors (Lipinski definition) is 1. The van der Waals surface area contributed by atoms with Crippen molar-refractivity contribution in [3.05, 3.63) is 91.1 Å². The zero-order chi connectivity index (χ0) is 18.9. The maximum atomic E-state index is 7.04. The molecule has 0 bridgehead atoms. The Labute approximate surface area is 162 Å². The number of aromatic nitrogens is 1. The molecule has 3 heteroatoms. The molecule has 0 spiro atoms. The quantitative estimate of drug-likeness (QED) is 0.496. The Kier molecular flexibility index (Phi) is 4.40. The third kappa shape index (κ3) is 3.08. The molecule has 1 heterocycles. The first-order valence-corrected chi connectivity index (χ1v) is 11.3. The Morgan fingerprint density at radius 1 is 0.741 bits per heavy atom. The Morgan fingerprint density at radius 2 is 1.33 bits per heavy atom. The smallest absolute Gasteiger partial charge is 0.319 e. The first-order valence-electron chi connectivity index (χ1n) is 9.38. The van der Waals surface area contributed by atoms with Crippen LogP contribution in [0.5, 0.6) is 5.75 Å². The molecule has 0 amide bonds. The predicted molar refractivity (Wildman–Crippen MR) is 117 cm³/mol. The maximum Gasteiger partial charge on any atom is 0.319 e. The average molecular weight is 372 g/mol. The van der Waals surface area contributed by atoms with Crippen molar-refractivity contribution in [2.45, 2.75) is 25.8 Å². The summed E-state index contributed by atoms with van der Waals surface area (Å²) in [5, 5.41) is 3.71. The first kappa shape index (κ1) is 17.6. The van der Waals surface area contributed by atoms with Crippen molar-refractivity contribution < 1.29 is 4.43 Å². The van der Waals surface area contributed by atoms with Gasteiger partial charge in [-0.3, -0.25) is 0 Å². The van der Waals surface area contributed by atoms with Gasteiger partial charge in [-0.1, -0.05) is 81.4 Å². The minimum absolute atomic E-state index is 0.0389. The number of aromatic amines is 1. The highest BCUT2D eigenvalue weighted by atomic mass is 28.4. The number of hydrogen-bond acceptors (Lipinski definition) is 1. The summed E-state index contributed by atoms with van der Waals surface area (Å²) in [6.07, 6.45) is 1.97. The molecule has 1 N–H and O–H groups in total. The van der Waals surface area contributed by atoms with Crippen molar-refractivity contribution in [3.63, 3.8) is 0 Å². The van der Waals surface area contributed by atoms with E-state index in [2.05, 4.69) is 111 Å². The number of fused-ring (bicyclic) bond motifs is 1. The van der Waals surface area contributed by atoms with Gasteiger partial charge in [-0.15, -0.1) is 0 Å². The maximum absolute atomic E-state index is 7.04. The van der Waals surface area contributed by atoms with Crippen LogP contribution in [0.3, 0.4) is 0 Å². The summed E-state index contributed by atoms with van der Waals surface area (Å²) in [5.41, 5.74) is 1.13. The van der Waals surface area contributed by atoms with Gasteiger partial charge in [0.25, 0.3) is 0 Å². The van der Waals surface area contributed by atoms with E-state index in [1.54, 1.807) is 0 Å². The molecule has 0 saturated heterocycles. The summed E-state index contributed by atoms with van der Waals surface area (Å²) in [5.74, 6) is 0.927. The van der Waals surface area contributed by atoms with E-state index in [0.717, 1.165) is 11.3 Å². The second-order valence-electron chi connectivity index (χ2n) is 7.99. The SMILES string of the molecule is CC(C)(C)[Si](Oc1ccc2[nH]ccc2c1)(c1ccccc1)c1ccccc1. The lowest BCUT2D eigenvalue weighted by Crippen LogP contribution is -2.68. The van der Waals surface area contributed by atoms with Crippen LogP contribution >= 0.6 is 0 Å². The van der Waals surface area contributed by atoms with Gasteiger partial charge in [-0.05, 0) is 39.7 Å². The van der Waals surface area contributed by atoms with Gasteiger partial charge in [0, 0.05) is 17.1 Å². The lowest BCUT2D eigenvalue weighted by molar-refractivity contribution is 0.509. The first-order chi connectivity index (χ1) is 13.0. The molecule has 136 valence electrons. The monoisotopic (exact) mass is 371 g/mol. The third-order valence-electron chi connectivity index (χ3n) is 5.21. The molecule has 0 atom stereocenters. The molecule has 4 rings (SSSR count). The van der Waals surface area contributed by atoms with E-state index >= 15 is 0 Å². The van der Waals surface area contributed by atoms with Crippen LogP contribution < -0.4 is 14.8 Å². The van der Waals surface area contributed by atoms with Crippen LogP contribution in [0.25, 0.3) is 10.9 Å². The van der Waals surface area contributed by atoms with E-state index in [1.165, 1.54) is 15.8 Å².